The van der Waals surface area contributed by atoms with Crippen LogP contribution in [0.25, 0.3) is 0 Å². The molecule has 1 aromatic carbocycles. The molecule has 0 fully saturated rings. The minimum atomic E-state index is -0.294. The van der Waals surface area contributed by atoms with Crippen LogP contribution in [0.15, 0.2) is 47.1 Å². The molecule has 1 amide bonds. The van der Waals surface area contributed by atoms with Crippen LogP contribution in [-0.2, 0) is 6.54 Å². The van der Waals surface area contributed by atoms with E-state index in [1.165, 1.54) is 0 Å². The number of hydrogen-bond donors (Lipinski definition) is 2. The Hall–Kier alpha value is -2.86. The molecule has 3 rings (SSSR count). The van der Waals surface area contributed by atoms with Crippen LogP contribution in [0.2, 0.25) is 5.02 Å². The van der Waals surface area contributed by atoms with Crippen LogP contribution in [0.5, 0.6) is 0 Å². The van der Waals surface area contributed by atoms with Crippen molar-refractivity contribution in [1.82, 2.24) is 15.3 Å². The molecule has 0 aliphatic rings. The quantitative estimate of drug-likeness (QED) is 0.721. The Bertz CT molecular complexity index is 894. The summed E-state index contributed by atoms with van der Waals surface area (Å²) in [6.07, 6.45) is 1.56. The summed E-state index contributed by atoms with van der Waals surface area (Å²) in [4.78, 5) is 20.9. The molecule has 7 heteroatoms. The third kappa shape index (κ3) is 4.36. The van der Waals surface area contributed by atoms with Gasteiger partial charge in [-0.2, -0.15) is 0 Å². The predicted molar refractivity (Wildman–Crippen MR) is 96.1 cm³/mol. The van der Waals surface area contributed by atoms with E-state index in [2.05, 4.69) is 20.6 Å². The van der Waals surface area contributed by atoms with E-state index in [-0.39, 0.29) is 11.6 Å². The average Bonchev–Trinajstić information content (AvgIpc) is 3.08. The Kier molecular flexibility index (Phi) is 5.00. The van der Waals surface area contributed by atoms with Crippen LogP contribution in [-0.4, -0.2) is 15.9 Å². The number of rotatable bonds is 5. The summed E-state index contributed by atoms with van der Waals surface area (Å²) in [7, 11) is 0. The molecule has 0 spiro atoms. The second-order valence-corrected chi connectivity index (χ2v) is 6.00. The maximum atomic E-state index is 12.3. The number of nitrogens with zero attached hydrogens (tertiary/aromatic N) is 2. The van der Waals surface area contributed by atoms with Crippen molar-refractivity contribution >= 4 is 29.1 Å². The van der Waals surface area contributed by atoms with Crippen LogP contribution in [0.3, 0.4) is 0 Å². The number of furan rings is 1. The SMILES string of the molecule is Cc1cc(C(=O)NCc2ccco2)nc(Nc2ccc(Cl)cc2C)n1. The third-order valence-corrected chi connectivity index (χ3v) is 3.76. The van der Waals surface area contributed by atoms with E-state index in [0.29, 0.717) is 29.0 Å². The number of halogens is 1. The molecule has 0 atom stereocenters. The van der Waals surface area contributed by atoms with Crippen molar-refractivity contribution in [3.63, 3.8) is 0 Å². The smallest absolute Gasteiger partial charge is 0.270 e. The molecule has 128 valence electrons. The zero-order valence-electron chi connectivity index (χ0n) is 13.8. The van der Waals surface area contributed by atoms with E-state index >= 15 is 0 Å². The predicted octanol–water partition coefficient (Wildman–Crippen LogP) is 4.01. The van der Waals surface area contributed by atoms with Crippen molar-refractivity contribution in [2.24, 2.45) is 0 Å². The molecule has 3 aromatic rings. The molecule has 0 unspecified atom stereocenters. The van der Waals surface area contributed by atoms with E-state index in [1.54, 1.807) is 30.5 Å². The normalized spacial score (nSPS) is 10.5. The molecule has 2 N–H and O–H groups in total. The van der Waals surface area contributed by atoms with Crippen LogP contribution < -0.4 is 10.6 Å². The van der Waals surface area contributed by atoms with Gasteiger partial charge in [0.05, 0.1) is 12.8 Å². The Morgan fingerprint density at radius 2 is 2.04 bits per heavy atom. The molecule has 0 aliphatic heterocycles. The second kappa shape index (κ2) is 7.36. The van der Waals surface area contributed by atoms with Crippen molar-refractivity contribution in [3.05, 3.63) is 70.4 Å². The van der Waals surface area contributed by atoms with Gasteiger partial charge in [0.2, 0.25) is 5.95 Å². The Morgan fingerprint density at radius 1 is 1.20 bits per heavy atom. The number of amides is 1. The number of hydrogen-bond acceptors (Lipinski definition) is 5. The fourth-order valence-electron chi connectivity index (χ4n) is 2.30. The van der Waals surface area contributed by atoms with Crippen molar-refractivity contribution in [1.29, 1.82) is 0 Å². The van der Waals surface area contributed by atoms with Crippen molar-refractivity contribution in [2.45, 2.75) is 20.4 Å². The summed E-state index contributed by atoms with van der Waals surface area (Å²) in [6.45, 7) is 4.04. The topological polar surface area (TPSA) is 80.0 Å². The number of nitrogens with one attached hydrogen (secondary N) is 2. The van der Waals surface area contributed by atoms with Gasteiger partial charge in [0.1, 0.15) is 11.5 Å². The van der Waals surface area contributed by atoms with Gasteiger partial charge in [0, 0.05) is 16.4 Å². The lowest BCUT2D eigenvalue weighted by Gasteiger charge is -2.10. The van der Waals surface area contributed by atoms with E-state index in [0.717, 1.165) is 11.3 Å². The second-order valence-electron chi connectivity index (χ2n) is 5.56. The molecular formula is C18H17ClN4O2. The summed E-state index contributed by atoms with van der Waals surface area (Å²) < 4.78 is 5.20. The highest BCUT2D eigenvalue weighted by molar-refractivity contribution is 6.30. The first-order valence-electron chi connectivity index (χ1n) is 7.71. The van der Waals surface area contributed by atoms with E-state index in [9.17, 15) is 4.79 Å². The highest BCUT2D eigenvalue weighted by Gasteiger charge is 2.12. The number of carbonyl (C=O) groups is 1. The van der Waals surface area contributed by atoms with Gasteiger partial charge in [-0.15, -0.1) is 0 Å². The van der Waals surface area contributed by atoms with Gasteiger partial charge in [-0.3, -0.25) is 4.79 Å². The first-order valence-corrected chi connectivity index (χ1v) is 8.08. The zero-order valence-corrected chi connectivity index (χ0v) is 14.6. The maximum Gasteiger partial charge on any atom is 0.270 e. The molecule has 25 heavy (non-hydrogen) atoms. The maximum absolute atomic E-state index is 12.3. The van der Waals surface area contributed by atoms with E-state index in [1.807, 2.05) is 26.0 Å². The fourth-order valence-corrected chi connectivity index (χ4v) is 2.53. The monoisotopic (exact) mass is 356 g/mol. The first kappa shape index (κ1) is 17.0. The molecule has 2 heterocycles. The van der Waals surface area contributed by atoms with Gasteiger partial charge in [0.15, 0.2) is 0 Å². The summed E-state index contributed by atoms with van der Waals surface area (Å²) in [5.41, 5.74) is 2.76. The van der Waals surface area contributed by atoms with Gasteiger partial charge in [0.25, 0.3) is 5.91 Å². The van der Waals surface area contributed by atoms with Gasteiger partial charge >= 0.3 is 0 Å². The fraction of sp³-hybridized carbons (Fsp3) is 0.167. The van der Waals surface area contributed by atoms with Gasteiger partial charge in [-0.25, -0.2) is 9.97 Å². The zero-order chi connectivity index (χ0) is 17.8. The van der Waals surface area contributed by atoms with Crippen molar-refractivity contribution in [3.8, 4) is 0 Å². The van der Waals surface area contributed by atoms with Crippen LogP contribution in [0.1, 0.15) is 27.5 Å². The molecule has 0 radical (unpaired) electrons. The van der Waals surface area contributed by atoms with Crippen molar-refractivity contribution in [2.75, 3.05) is 5.32 Å². The number of benzene rings is 1. The first-order chi connectivity index (χ1) is 12.0. The summed E-state index contributed by atoms with van der Waals surface area (Å²) in [6, 6.07) is 10.7. The minimum Gasteiger partial charge on any atom is -0.467 e. The summed E-state index contributed by atoms with van der Waals surface area (Å²) in [5, 5.41) is 6.55. The lowest BCUT2D eigenvalue weighted by atomic mass is 10.2. The summed E-state index contributed by atoms with van der Waals surface area (Å²) in [5.74, 6) is 0.737. The van der Waals surface area contributed by atoms with Gasteiger partial charge < -0.3 is 15.1 Å². The summed E-state index contributed by atoms with van der Waals surface area (Å²) >= 11 is 5.97. The molecule has 6 nitrogen and oxygen atoms in total. The third-order valence-electron chi connectivity index (χ3n) is 3.53. The number of aryl methyl sites for hydroxylation is 2. The molecule has 2 aromatic heterocycles. The van der Waals surface area contributed by atoms with Crippen LogP contribution in [0.4, 0.5) is 11.6 Å². The lowest BCUT2D eigenvalue weighted by Crippen LogP contribution is -2.24. The van der Waals surface area contributed by atoms with Crippen molar-refractivity contribution < 1.29 is 9.21 Å². The van der Waals surface area contributed by atoms with E-state index < -0.39 is 0 Å². The largest absolute Gasteiger partial charge is 0.467 e. The van der Waals surface area contributed by atoms with Crippen LogP contribution >= 0.6 is 11.6 Å². The number of anilines is 2. The Labute approximate surface area is 150 Å². The minimum absolute atomic E-state index is 0.285. The number of aromatic nitrogens is 2. The van der Waals surface area contributed by atoms with E-state index in [4.69, 9.17) is 16.0 Å². The highest BCUT2D eigenvalue weighted by atomic mass is 35.5. The van der Waals surface area contributed by atoms with Crippen LogP contribution in [0, 0.1) is 13.8 Å². The Morgan fingerprint density at radius 3 is 2.76 bits per heavy atom. The van der Waals surface area contributed by atoms with Gasteiger partial charge in [-0.1, -0.05) is 11.6 Å². The molecule has 0 aliphatic carbocycles. The highest BCUT2D eigenvalue weighted by Crippen LogP contribution is 2.22. The number of carbonyl (C=O) groups excluding carboxylic acids is 1. The average molecular weight is 357 g/mol. The molecule has 0 saturated carbocycles. The molecule has 0 bridgehead atoms. The molecule has 0 saturated heterocycles. The standard InChI is InChI=1S/C18H17ClN4O2/c1-11-8-13(19)5-6-15(11)22-18-21-12(2)9-16(23-18)17(24)20-10-14-4-3-7-25-14/h3-9H,10H2,1-2H3,(H,20,24)(H,21,22,23). The Balaban J connectivity index is 1.76. The molecular weight excluding hydrogens is 340 g/mol. The lowest BCUT2D eigenvalue weighted by molar-refractivity contribution is 0.0943. The van der Waals surface area contributed by atoms with Gasteiger partial charge in [-0.05, 0) is 55.8 Å².